The van der Waals surface area contributed by atoms with Crippen LogP contribution in [0.3, 0.4) is 0 Å². The molecule has 1 rings (SSSR count). The second kappa shape index (κ2) is 3.59. The van der Waals surface area contributed by atoms with Crippen molar-refractivity contribution in [1.82, 2.24) is 4.90 Å². The average molecular weight is 140 g/mol. The van der Waals surface area contributed by atoms with Gasteiger partial charge in [-0.2, -0.15) is 0 Å². The van der Waals surface area contributed by atoms with Gasteiger partial charge in [0.25, 0.3) is 0 Å². The molecule has 2 heteroatoms. The van der Waals surface area contributed by atoms with Crippen molar-refractivity contribution in [2.24, 2.45) is 10.9 Å². The largest absolute Gasteiger partial charge is 0.361 e. The zero-order valence-corrected chi connectivity index (χ0v) is 6.88. The summed E-state index contributed by atoms with van der Waals surface area (Å²) in [6, 6.07) is 0. The third-order valence-corrected chi connectivity index (χ3v) is 1.75. The van der Waals surface area contributed by atoms with Crippen LogP contribution in [0.15, 0.2) is 4.99 Å². The van der Waals surface area contributed by atoms with Gasteiger partial charge >= 0.3 is 0 Å². The molecule has 0 aromatic rings. The van der Waals surface area contributed by atoms with Crippen molar-refractivity contribution in [3.05, 3.63) is 0 Å². The minimum Gasteiger partial charge on any atom is -0.361 e. The Hall–Kier alpha value is -0.530. The summed E-state index contributed by atoms with van der Waals surface area (Å²) in [6.45, 7) is 7.83. The van der Waals surface area contributed by atoms with Gasteiger partial charge in [-0.1, -0.05) is 13.8 Å². The van der Waals surface area contributed by atoms with Crippen molar-refractivity contribution in [1.29, 1.82) is 0 Å². The molecule has 0 spiro atoms. The van der Waals surface area contributed by atoms with Crippen LogP contribution in [-0.4, -0.2) is 30.9 Å². The summed E-state index contributed by atoms with van der Waals surface area (Å²) < 4.78 is 0. The Morgan fingerprint density at radius 3 is 2.90 bits per heavy atom. The molecule has 0 amide bonds. The topological polar surface area (TPSA) is 15.6 Å². The van der Waals surface area contributed by atoms with Crippen LogP contribution < -0.4 is 0 Å². The third kappa shape index (κ3) is 2.38. The highest BCUT2D eigenvalue weighted by Crippen LogP contribution is 2.02. The predicted molar refractivity (Wildman–Crippen MR) is 44.4 cm³/mol. The number of rotatable bonds is 3. The molecule has 2 nitrogen and oxygen atoms in total. The first-order chi connectivity index (χ1) is 4.79. The van der Waals surface area contributed by atoms with Crippen LogP contribution in [0.25, 0.3) is 0 Å². The highest BCUT2D eigenvalue weighted by Gasteiger charge is 2.04. The van der Waals surface area contributed by atoms with E-state index in [-0.39, 0.29) is 0 Å². The molecule has 1 aliphatic heterocycles. The molecule has 0 N–H and O–H groups in total. The van der Waals surface area contributed by atoms with Crippen LogP contribution in [-0.2, 0) is 0 Å². The summed E-state index contributed by atoms with van der Waals surface area (Å²) >= 11 is 0. The fourth-order valence-corrected chi connectivity index (χ4v) is 1.01. The Bertz CT molecular complexity index is 118. The van der Waals surface area contributed by atoms with Crippen molar-refractivity contribution in [3.8, 4) is 0 Å². The zero-order chi connectivity index (χ0) is 7.40. The smallest absolute Gasteiger partial charge is 0.0851 e. The van der Waals surface area contributed by atoms with E-state index in [0.717, 1.165) is 19.0 Å². The summed E-state index contributed by atoms with van der Waals surface area (Å²) in [5.41, 5.74) is 0. The maximum absolute atomic E-state index is 4.14. The Labute approximate surface area is 62.9 Å². The maximum atomic E-state index is 4.14. The fourth-order valence-electron chi connectivity index (χ4n) is 1.01. The first-order valence-corrected chi connectivity index (χ1v) is 4.03. The molecular formula is C8H16N2. The van der Waals surface area contributed by atoms with Crippen molar-refractivity contribution >= 4 is 6.34 Å². The fraction of sp³-hybridized carbons (Fsp3) is 0.875. The van der Waals surface area contributed by atoms with Crippen LogP contribution >= 0.6 is 0 Å². The molecule has 10 heavy (non-hydrogen) atoms. The molecule has 0 aromatic heterocycles. The van der Waals surface area contributed by atoms with E-state index in [2.05, 4.69) is 23.7 Å². The van der Waals surface area contributed by atoms with E-state index in [9.17, 15) is 0 Å². The third-order valence-electron chi connectivity index (χ3n) is 1.75. The van der Waals surface area contributed by atoms with Gasteiger partial charge in [0, 0.05) is 13.1 Å². The van der Waals surface area contributed by atoms with E-state index in [1.54, 1.807) is 0 Å². The Balaban J connectivity index is 2.08. The SMILES string of the molecule is CC(C)CCN1C=NCC1. The maximum Gasteiger partial charge on any atom is 0.0851 e. The number of aliphatic imine (C=N–C) groups is 1. The summed E-state index contributed by atoms with van der Waals surface area (Å²) in [5, 5.41) is 0. The first kappa shape index (κ1) is 7.58. The molecule has 0 unspecified atom stereocenters. The standard InChI is InChI=1S/C8H16N2/c1-8(2)3-5-10-6-4-9-7-10/h7-8H,3-6H2,1-2H3. The van der Waals surface area contributed by atoms with Gasteiger partial charge < -0.3 is 4.90 Å². The second-order valence-corrected chi connectivity index (χ2v) is 3.24. The Morgan fingerprint density at radius 1 is 1.60 bits per heavy atom. The lowest BCUT2D eigenvalue weighted by atomic mass is 10.1. The molecular weight excluding hydrogens is 124 g/mol. The normalized spacial score (nSPS) is 17.3. The molecule has 0 aromatic carbocycles. The van der Waals surface area contributed by atoms with Gasteiger partial charge in [-0.25, -0.2) is 0 Å². The van der Waals surface area contributed by atoms with E-state index in [1.807, 2.05) is 6.34 Å². The quantitative estimate of drug-likeness (QED) is 0.578. The first-order valence-electron chi connectivity index (χ1n) is 4.03. The molecule has 58 valence electrons. The van der Waals surface area contributed by atoms with E-state index in [4.69, 9.17) is 0 Å². The van der Waals surface area contributed by atoms with Crippen LogP contribution in [0.4, 0.5) is 0 Å². The summed E-state index contributed by atoms with van der Waals surface area (Å²) in [4.78, 5) is 6.44. The molecule has 0 aliphatic carbocycles. The van der Waals surface area contributed by atoms with Crippen molar-refractivity contribution < 1.29 is 0 Å². The average Bonchev–Trinajstić information content (AvgIpc) is 2.34. The van der Waals surface area contributed by atoms with Crippen LogP contribution in [0.2, 0.25) is 0 Å². The molecule has 1 aliphatic rings. The monoisotopic (exact) mass is 140 g/mol. The summed E-state index contributed by atoms with van der Waals surface area (Å²) in [5.74, 6) is 0.814. The van der Waals surface area contributed by atoms with E-state index < -0.39 is 0 Å². The van der Waals surface area contributed by atoms with Crippen LogP contribution in [0, 0.1) is 5.92 Å². The molecule has 0 radical (unpaired) electrons. The van der Waals surface area contributed by atoms with Gasteiger partial charge in [-0.05, 0) is 12.3 Å². The number of nitrogens with zero attached hydrogens (tertiary/aromatic N) is 2. The molecule has 0 saturated heterocycles. The molecule has 0 bridgehead atoms. The second-order valence-electron chi connectivity index (χ2n) is 3.24. The minimum absolute atomic E-state index is 0.814. The highest BCUT2D eigenvalue weighted by atomic mass is 15.2. The Morgan fingerprint density at radius 2 is 2.40 bits per heavy atom. The van der Waals surface area contributed by atoms with Crippen molar-refractivity contribution in [3.63, 3.8) is 0 Å². The van der Waals surface area contributed by atoms with Crippen LogP contribution in [0.1, 0.15) is 20.3 Å². The van der Waals surface area contributed by atoms with Gasteiger partial charge in [0.1, 0.15) is 0 Å². The Kier molecular flexibility index (Phi) is 2.72. The molecule has 0 atom stereocenters. The van der Waals surface area contributed by atoms with Gasteiger partial charge in [0.15, 0.2) is 0 Å². The number of hydrogen-bond acceptors (Lipinski definition) is 2. The van der Waals surface area contributed by atoms with E-state index >= 15 is 0 Å². The summed E-state index contributed by atoms with van der Waals surface area (Å²) in [6.07, 6.45) is 3.26. The van der Waals surface area contributed by atoms with E-state index in [1.165, 1.54) is 13.0 Å². The van der Waals surface area contributed by atoms with Crippen LogP contribution in [0.5, 0.6) is 0 Å². The lowest BCUT2D eigenvalue weighted by molar-refractivity contribution is 0.415. The molecule has 0 fully saturated rings. The zero-order valence-electron chi connectivity index (χ0n) is 6.88. The van der Waals surface area contributed by atoms with Crippen molar-refractivity contribution in [2.45, 2.75) is 20.3 Å². The number of hydrogen-bond donors (Lipinski definition) is 0. The van der Waals surface area contributed by atoms with E-state index in [0.29, 0.717) is 0 Å². The van der Waals surface area contributed by atoms with Gasteiger partial charge in [0.05, 0.1) is 12.9 Å². The summed E-state index contributed by atoms with van der Waals surface area (Å²) in [7, 11) is 0. The predicted octanol–water partition coefficient (Wildman–Crippen LogP) is 1.38. The van der Waals surface area contributed by atoms with Gasteiger partial charge in [-0.15, -0.1) is 0 Å². The molecule has 1 heterocycles. The minimum atomic E-state index is 0.814. The lowest BCUT2D eigenvalue weighted by Crippen LogP contribution is -2.21. The lowest BCUT2D eigenvalue weighted by Gasteiger charge is -2.14. The van der Waals surface area contributed by atoms with Gasteiger partial charge in [-0.3, -0.25) is 4.99 Å². The van der Waals surface area contributed by atoms with Gasteiger partial charge in [0.2, 0.25) is 0 Å². The molecule has 0 saturated carbocycles. The highest BCUT2D eigenvalue weighted by molar-refractivity contribution is 5.56. The van der Waals surface area contributed by atoms with Crippen molar-refractivity contribution in [2.75, 3.05) is 19.6 Å².